The lowest BCUT2D eigenvalue weighted by atomic mass is 9.60. The Bertz CT molecular complexity index is 1100. The van der Waals surface area contributed by atoms with E-state index in [4.69, 9.17) is 14.2 Å². The topological polar surface area (TPSA) is 61.8 Å². The quantitative estimate of drug-likeness (QED) is 0.0820. The molecule has 1 aliphatic rings. The maximum absolute atomic E-state index is 13.3. The molecule has 1 unspecified atom stereocenters. The van der Waals surface area contributed by atoms with E-state index < -0.39 is 10.8 Å². The Kier molecular flexibility index (Phi) is 14.6. The molecule has 5 nitrogen and oxygen atoms in total. The fourth-order valence-electron chi connectivity index (χ4n) is 6.40. The van der Waals surface area contributed by atoms with Gasteiger partial charge in [0.1, 0.15) is 30.1 Å². The number of carbonyl (C=O) groups is 2. The van der Waals surface area contributed by atoms with Crippen molar-refractivity contribution in [2.75, 3.05) is 13.2 Å². The van der Waals surface area contributed by atoms with Gasteiger partial charge in [-0.15, -0.1) is 0 Å². The first-order valence-electron chi connectivity index (χ1n) is 17.0. The lowest BCUT2D eigenvalue weighted by molar-refractivity contribution is -0.144. The third kappa shape index (κ3) is 10.1. The summed E-state index contributed by atoms with van der Waals surface area (Å²) < 4.78 is 16.9. The molecule has 0 fully saturated rings. The summed E-state index contributed by atoms with van der Waals surface area (Å²) in [7, 11) is 0. The number of para-hydroxylation sites is 1. The van der Waals surface area contributed by atoms with Crippen LogP contribution in [0.1, 0.15) is 142 Å². The lowest BCUT2D eigenvalue weighted by Crippen LogP contribution is -2.46. The molecule has 1 aliphatic heterocycles. The van der Waals surface area contributed by atoms with Gasteiger partial charge in [-0.2, -0.15) is 0 Å². The number of rotatable bonds is 21. The van der Waals surface area contributed by atoms with Crippen LogP contribution in [0, 0.1) is 5.41 Å². The molecular weight excluding hydrogens is 536 g/mol. The van der Waals surface area contributed by atoms with E-state index in [0.29, 0.717) is 24.5 Å². The normalized spacial score (nSPS) is 16.1. The van der Waals surface area contributed by atoms with Crippen LogP contribution >= 0.6 is 0 Å². The first-order chi connectivity index (χ1) is 20.8. The second kappa shape index (κ2) is 18.1. The fourth-order valence-corrected chi connectivity index (χ4v) is 6.40. The zero-order valence-corrected chi connectivity index (χ0v) is 27.4. The monoisotopic (exact) mass is 592 g/mol. The van der Waals surface area contributed by atoms with Crippen molar-refractivity contribution >= 4 is 11.9 Å². The minimum absolute atomic E-state index is 0.154. The summed E-state index contributed by atoms with van der Waals surface area (Å²) in [5.41, 5.74) is 0.462. The van der Waals surface area contributed by atoms with E-state index in [-0.39, 0.29) is 18.5 Å². The molecule has 0 amide bonds. The number of hydrogen-bond acceptors (Lipinski definition) is 5. The van der Waals surface area contributed by atoms with Gasteiger partial charge in [0.15, 0.2) is 0 Å². The van der Waals surface area contributed by atoms with Crippen LogP contribution in [-0.4, -0.2) is 25.2 Å². The summed E-state index contributed by atoms with van der Waals surface area (Å²) >= 11 is 0. The van der Waals surface area contributed by atoms with Gasteiger partial charge in [0, 0.05) is 12.0 Å². The zero-order chi connectivity index (χ0) is 31.0. The van der Waals surface area contributed by atoms with Gasteiger partial charge in [-0.3, -0.25) is 9.59 Å². The fraction of sp³-hybridized carbons (Fsp3) is 0.632. The van der Waals surface area contributed by atoms with Gasteiger partial charge in [-0.1, -0.05) is 148 Å². The Morgan fingerprint density at radius 1 is 0.721 bits per heavy atom. The highest BCUT2D eigenvalue weighted by molar-refractivity contribution is 5.95. The third-order valence-electron chi connectivity index (χ3n) is 8.81. The summed E-state index contributed by atoms with van der Waals surface area (Å²) in [4.78, 5) is 25.4. The van der Waals surface area contributed by atoms with E-state index in [1.165, 1.54) is 83.5 Å². The summed E-state index contributed by atoms with van der Waals surface area (Å²) in [6.45, 7) is 8.98. The highest BCUT2D eigenvalue weighted by atomic mass is 16.6. The Morgan fingerprint density at radius 3 is 1.81 bits per heavy atom. The van der Waals surface area contributed by atoms with Crippen molar-refractivity contribution in [3.63, 3.8) is 0 Å². The largest absolute Gasteiger partial charge is 0.490 e. The van der Waals surface area contributed by atoms with Crippen LogP contribution in [0.4, 0.5) is 0 Å². The molecule has 0 aromatic heterocycles. The van der Waals surface area contributed by atoms with Crippen molar-refractivity contribution in [3.05, 3.63) is 59.7 Å². The second-order valence-electron chi connectivity index (χ2n) is 13.2. The van der Waals surface area contributed by atoms with E-state index in [0.717, 1.165) is 24.0 Å². The molecule has 1 atom stereocenters. The molecule has 0 bridgehead atoms. The summed E-state index contributed by atoms with van der Waals surface area (Å²) in [5.74, 6) is 0.884. The average Bonchev–Trinajstić information content (AvgIpc) is 3.30. The Balaban J connectivity index is 1.25. The molecule has 0 spiro atoms. The maximum atomic E-state index is 13.3. The number of benzene rings is 2. The zero-order valence-electron chi connectivity index (χ0n) is 27.4. The van der Waals surface area contributed by atoms with Crippen molar-refractivity contribution in [1.82, 2.24) is 0 Å². The van der Waals surface area contributed by atoms with E-state index in [1.807, 2.05) is 48.5 Å². The number of carbonyl (C=O) groups excluding carboxylic acids is 2. The van der Waals surface area contributed by atoms with E-state index in [9.17, 15) is 9.59 Å². The van der Waals surface area contributed by atoms with E-state index in [2.05, 4.69) is 27.7 Å². The molecule has 43 heavy (non-hydrogen) atoms. The summed E-state index contributed by atoms with van der Waals surface area (Å²) in [6.07, 6.45) is 20.1. The first kappa shape index (κ1) is 34.7. The van der Waals surface area contributed by atoms with Gasteiger partial charge >= 0.3 is 11.9 Å². The molecule has 0 N–H and O–H groups in total. The molecule has 238 valence electrons. The molecule has 0 radical (unpaired) electrons. The van der Waals surface area contributed by atoms with Crippen LogP contribution in [0.15, 0.2) is 48.5 Å². The number of hydrogen-bond donors (Lipinski definition) is 0. The van der Waals surface area contributed by atoms with Gasteiger partial charge in [0.05, 0.1) is 0 Å². The van der Waals surface area contributed by atoms with Gasteiger partial charge in [-0.25, -0.2) is 0 Å². The lowest BCUT2D eigenvalue weighted by Gasteiger charge is -2.39. The minimum atomic E-state index is -0.898. The van der Waals surface area contributed by atoms with Crippen molar-refractivity contribution < 1.29 is 23.8 Å². The van der Waals surface area contributed by atoms with Crippen LogP contribution in [0.3, 0.4) is 0 Å². The molecule has 3 rings (SSSR count). The van der Waals surface area contributed by atoms with Crippen LogP contribution in [0.25, 0.3) is 0 Å². The van der Waals surface area contributed by atoms with Gasteiger partial charge < -0.3 is 14.2 Å². The van der Waals surface area contributed by atoms with Crippen LogP contribution in [0.2, 0.25) is 0 Å². The molecule has 0 saturated heterocycles. The first-order valence-corrected chi connectivity index (χ1v) is 17.0. The van der Waals surface area contributed by atoms with Crippen LogP contribution < -0.4 is 9.47 Å². The Hall–Kier alpha value is -2.82. The van der Waals surface area contributed by atoms with Crippen LogP contribution in [-0.2, 0) is 19.7 Å². The molecule has 1 heterocycles. The van der Waals surface area contributed by atoms with Crippen LogP contribution in [0.5, 0.6) is 11.5 Å². The average molecular weight is 593 g/mol. The van der Waals surface area contributed by atoms with Gasteiger partial charge in [0.25, 0.3) is 0 Å². The number of unbranched alkanes of at least 4 members (excludes halogenated alkanes) is 14. The third-order valence-corrected chi connectivity index (χ3v) is 8.81. The molecule has 0 aliphatic carbocycles. The SMILES string of the molecule is CCCCCCCCCCCCCCCCCC(=O)OCCOc1ccc(C2(C(C)(C)C)C(=O)Oc3ccccc32)cc1. The molecule has 5 heteroatoms. The predicted molar refractivity (Wildman–Crippen MR) is 175 cm³/mol. The molecular formula is C38H56O5. The minimum Gasteiger partial charge on any atom is -0.490 e. The second-order valence-corrected chi connectivity index (χ2v) is 13.2. The van der Waals surface area contributed by atoms with E-state index >= 15 is 0 Å². The van der Waals surface area contributed by atoms with Crippen molar-refractivity contribution in [1.29, 1.82) is 0 Å². The van der Waals surface area contributed by atoms with Gasteiger partial charge in [-0.05, 0) is 35.6 Å². The highest BCUT2D eigenvalue weighted by Gasteiger charge is 2.57. The smallest absolute Gasteiger partial charge is 0.327 e. The van der Waals surface area contributed by atoms with Crippen molar-refractivity contribution in [3.8, 4) is 11.5 Å². The highest BCUT2D eigenvalue weighted by Crippen LogP contribution is 2.54. The summed E-state index contributed by atoms with van der Waals surface area (Å²) in [5, 5.41) is 0. The summed E-state index contributed by atoms with van der Waals surface area (Å²) in [6, 6.07) is 15.3. The molecule has 2 aromatic rings. The van der Waals surface area contributed by atoms with E-state index in [1.54, 1.807) is 0 Å². The standard InChI is InChI=1S/C38H56O5/c1-5-6-7-8-9-10-11-12-13-14-15-16-17-18-19-24-35(39)42-30-29-41-32-27-25-31(26-28-32)38(37(2,3)4)33-22-20-21-23-34(33)43-36(38)40/h20-23,25-28H,5-19,24,29-30H2,1-4H3. The Labute approximate surface area is 261 Å². The number of esters is 2. The number of fused-ring (bicyclic) bond motifs is 1. The maximum Gasteiger partial charge on any atom is 0.327 e. The number of ether oxygens (including phenoxy) is 3. The van der Waals surface area contributed by atoms with Gasteiger partial charge in [0.2, 0.25) is 0 Å². The molecule has 0 saturated carbocycles. The Morgan fingerprint density at radius 2 is 1.26 bits per heavy atom. The van der Waals surface area contributed by atoms with Crippen molar-refractivity contribution in [2.24, 2.45) is 5.41 Å². The predicted octanol–water partition coefficient (Wildman–Crippen LogP) is 10.1. The van der Waals surface area contributed by atoms with Crippen molar-refractivity contribution in [2.45, 2.75) is 136 Å². The molecule has 2 aromatic carbocycles.